The molecule has 3 N–H and O–H groups in total. The number of anilines is 1. The molecular weight excluding hydrogens is 328 g/mol. The van der Waals surface area contributed by atoms with E-state index in [0.29, 0.717) is 18.5 Å². The Morgan fingerprint density at radius 2 is 1.85 bits per heavy atom. The van der Waals surface area contributed by atoms with Crippen LogP contribution < -0.4 is 10.6 Å². The van der Waals surface area contributed by atoms with Crippen LogP contribution in [-0.2, 0) is 11.2 Å². The Morgan fingerprint density at radius 3 is 2.58 bits per heavy atom. The van der Waals surface area contributed by atoms with Gasteiger partial charge in [0.2, 0.25) is 5.91 Å². The summed E-state index contributed by atoms with van der Waals surface area (Å²) in [7, 11) is 0. The van der Waals surface area contributed by atoms with Gasteiger partial charge in [0.1, 0.15) is 5.82 Å². The molecule has 1 aliphatic carbocycles. The van der Waals surface area contributed by atoms with Crippen LogP contribution in [0.3, 0.4) is 0 Å². The highest BCUT2D eigenvalue weighted by atomic mass is 16.2. The highest BCUT2D eigenvalue weighted by Gasteiger charge is 2.29. The van der Waals surface area contributed by atoms with E-state index in [0.717, 1.165) is 35.4 Å². The van der Waals surface area contributed by atoms with E-state index < -0.39 is 0 Å². The third-order valence-corrected chi connectivity index (χ3v) is 4.45. The largest absolute Gasteiger partial charge is 0.352 e. The molecular formula is C20H20N4O2. The van der Waals surface area contributed by atoms with Crippen molar-refractivity contribution in [2.24, 2.45) is 5.92 Å². The number of imidazole rings is 1. The van der Waals surface area contributed by atoms with Gasteiger partial charge in [0.15, 0.2) is 0 Å². The summed E-state index contributed by atoms with van der Waals surface area (Å²) in [6.07, 6.45) is 2.57. The fourth-order valence-corrected chi connectivity index (χ4v) is 2.82. The lowest BCUT2D eigenvalue weighted by Gasteiger charge is -2.07. The molecule has 6 heteroatoms. The van der Waals surface area contributed by atoms with E-state index >= 15 is 0 Å². The first-order valence-corrected chi connectivity index (χ1v) is 8.82. The fourth-order valence-electron chi connectivity index (χ4n) is 2.82. The van der Waals surface area contributed by atoms with E-state index in [2.05, 4.69) is 20.6 Å². The number of nitrogens with one attached hydrogen (secondary N) is 3. The Morgan fingerprint density at radius 1 is 1.08 bits per heavy atom. The summed E-state index contributed by atoms with van der Waals surface area (Å²) in [5, 5.41) is 5.76. The van der Waals surface area contributed by atoms with Gasteiger partial charge in [-0.3, -0.25) is 9.59 Å². The van der Waals surface area contributed by atoms with Crippen LogP contribution in [0.1, 0.15) is 29.0 Å². The molecule has 0 bridgehead atoms. The number of H-pyrrole nitrogens is 1. The number of benzene rings is 2. The molecule has 0 atom stereocenters. The second-order valence-corrected chi connectivity index (χ2v) is 6.55. The molecule has 132 valence electrons. The van der Waals surface area contributed by atoms with Gasteiger partial charge in [0.25, 0.3) is 5.91 Å². The lowest BCUT2D eigenvalue weighted by molar-refractivity contribution is -0.117. The molecule has 1 aromatic heterocycles. The van der Waals surface area contributed by atoms with Crippen LogP contribution in [0.5, 0.6) is 0 Å². The average molecular weight is 348 g/mol. The minimum atomic E-state index is -0.138. The van der Waals surface area contributed by atoms with Crippen molar-refractivity contribution in [3.63, 3.8) is 0 Å². The standard InChI is InChI=1S/C20H20N4O2/c25-19(13-7-9-15(10-8-13)22-20(26)14-5-6-14)21-12-11-18-23-16-3-1-2-4-17(16)24-18/h1-4,7-10,14H,5-6,11-12H2,(H,21,25)(H,22,26)(H,23,24). The number of aromatic nitrogens is 2. The van der Waals surface area contributed by atoms with Gasteiger partial charge in [0.05, 0.1) is 11.0 Å². The Labute approximate surface area is 151 Å². The predicted octanol–water partition coefficient (Wildman–Crippen LogP) is 2.88. The first-order chi connectivity index (χ1) is 12.7. The van der Waals surface area contributed by atoms with Crippen molar-refractivity contribution >= 4 is 28.5 Å². The fraction of sp³-hybridized carbons (Fsp3) is 0.250. The molecule has 1 heterocycles. The van der Waals surface area contributed by atoms with Crippen molar-refractivity contribution in [2.75, 3.05) is 11.9 Å². The maximum atomic E-state index is 12.2. The molecule has 26 heavy (non-hydrogen) atoms. The number of carbonyl (C=O) groups is 2. The molecule has 0 spiro atoms. The van der Waals surface area contributed by atoms with Crippen molar-refractivity contribution in [2.45, 2.75) is 19.3 Å². The molecule has 0 radical (unpaired) electrons. The van der Waals surface area contributed by atoms with Crippen LogP contribution >= 0.6 is 0 Å². The molecule has 0 aliphatic heterocycles. The summed E-state index contributed by atoms with van der Waals surface area (Å²) < 4.78 is 0. The van der Waals surface area contributed by atoms with Crippen molar-refractivity contribution in [1.82, 2.24) is 15.3 Å². The van der Waals surface area contributed by atoms with Crippen molar-refractivity contribution in [3.05, 3.63) is 59.9 Å². The SMILES string of the molecule is O=C(NCCc1nc2ccccc2[nH]1)c1ccc(NC(=O)C2CC2)cc1. The molecule has 2 amide bonds. The van der Waals surface area contributed by atoms with Crippen LogP contribution in [0, 0.1) is 5.92 Å². The lowest BCUT2D eigenvalue weighted by Crippen LogP contribution is -2.26. The number of amides is 2. The summed E-state index contributed by atoms with van der Waals surface area (Å²) in [6.45, 7) is 0.499. The number of hydrogen-bond acceptors (Lipinski definition) is 3. The number of carbonyl (C=O) groups excluding carboxylic acids is 2. The summed E-state index contributed by atoms with van der Waals surface area (Å²) in [6, 6.07) is 14.8. The number of hydrogen-bond donors (Lipinski definition) is 3. The van der Waals surface area contributed by atoms with Gasteiger partial charge in [0, 0.05) is 30.1 Å². The number of nitrogens with zero attached hydrogens (tertiary/aromatic N) is 1. The molecule has 0 saturated heterocycles. The Balaban J connectivity index is 1.29. The van der Waals surface area contributed by atoms with Gasteiger partial charge in [-0.1, -0.05) is 12.1 Å². The van der Waals surface area contributed by atoms with Gasteiger partial charge in [-0.15, -0.1) is 0 Å². The zero-order valence-electron chi connectivity index (χ0n) is 14.3. The molecule has 0 unspecified atom stereocenters. The number of para-hydroxylation sites is 2. The number of aromatic amines is 1. The van der Waals surface area contributed by atoms with Crippen LogP contribution in [0.15, 0.2) is 48.5 Å². The maximum absolute atomic E-state index is 12.2. The summed E-state index contributed by atoms with van der Waals surface area (Å²) >= 11 is 0. The minimum Gasteiger partial charge on any atom is -0.352 e. The molecule has 3 aromatic rings. The Bertz CT molecular complexity index is 909. The highest BCUT2D eigenvalue weighted by Crippen LogP contribution is 2.30. The normalized spacial score (nSPS) is 13.5. The summed E-state index contributed by atoms with van der Waals surface area (Å²) in [5.41, 5.74) is 3.22. The quantitative estimate of drug-likeness (QED) is 0.640. The van der Waals surface area contributed by atoms with Crippen LogP contribution in [0.4, 0.5) is 5.69 Å². The van der Waals surface area contributed by atoms with Gasteiger partial charge in [-0.25, -0.2) is 4.98 Å². The summed E-state index contributed by atoms with van der Waals surface area (Å²) in [5.74, 6) is 0.940. The first-order valence-electron chi connectivity index (χ1n) is 8.82. The van der Waals surface area contributed by atoms with Crippen LogP contribution in [0.2, 0.25) is 0 Å². The van der Waals surface area contributed by atoms with Crippen molar-refractivity contribution in [1.29, 1.82) is 0 Å². The second-order valence-electron chi connectivity index (χ2n) is 6.55. The van der Waals surface area contributed by atoms with Gasteiger partial charge >= 0.3 is 0 Å². The lowest BCUT2D eigenvalue weighted by atomic mass is 10.2. The monoisotopic (exact) mass is 348 g/mol. The van der Waals surface area contributed by atoms with Gasteiger partial charge in [-0.2, -0.15) is 0 Å². The Hall–Kier alpha value is -3.15. The molecule has 4 rings (SSSR count). The van der Waals surface area contributed by atoms with Crippen molar-refractivity contribution < 1.29 is 9.59 Å². The number of rotatable bonds is 6. The first kappa shape index (κ1) is 16.3. The molecule has 2 aromatic carbocycles. The van der Waals surface area contributed by atoms with Crippen molar-refractivity contribution in [3.8, 4) is 0 Å². The topological polar surface area (TPSA) is 86.9 Å². The second kappa shape index (κ2) is 7.00. The van der Waals surface area contributed by atoms with E-state index in [4.69, 9.17) is 0 Å². The molecule has 6 nitrogen and oxygen atoms in total. The average Bonchev–Trinajstić information content (AvgIpc) is 3.42. The summed E-state index contributed by atoms with van der Waals surface area (Å²) in [4.78, 5) is 31.7. The van der Waals surface area contributed by atoms with Gasteiger partial charge in [-0.05, 0) is 49.2 Å². The maximum Gasteiger partial charge on any atom is 0.251 e. The Kier molecular flexibility index (Phi) is 4.39. The van der Waals surface area contributed by atoms with Crippen LogP contribution in [0.25, 0.3) is 11.0 Å². The predicted molar refractivity (Wildman–Crippen MR) is 99.9 cm³/mol. The van der Waals surface area contributed by atoms with E-state index in [1.165, 1.54) is 0 Å². The molecule has 1 saturated carbocycles. The van der Waals surface area contributed by atoms with Gasteiger partial charge < -0.3 is 15.6 Å². The molecule has 1 aliphatic rings. The zero-order chi connectivity index (χ0) is 17.9. The van der Waals surface area contributed by atoms with E-state index in [1.807, 2.05) is 24.3 Å². The van der Waals surface area contributed by atoms with E-state index in [9.17, 15) is 9.59 Å². The minimum absolute atomic E-state index is 0.0630. The van der Waals surface area contributed by atoms with Crippen LogP contribution in [-0.4, -0.2) is 28.3 Å². The zero-order valence-corrected chi connectivity index (χ0v) is 14.3. The smallest absolute Gasteiger partial charge is 0.251 e. The number of fused-ring (bicyclic) bond motifs is 1. The third kappa shape index (κ3) is 3.74. The van der Waals surface area contributed by atoms with E-state index in [1.54, 1.807) is 24.3 Å². The van der Waals surface area contributed by atoms with E-state index in [-0.39, 0.29) is 17.7 Å². The highest BCUT2D eigenvalue weighted by molar-refractivity contribution is 5.96. The third-order valence-electron chi connectivity index (χ3n) is 4.45. The molecule has 1 fully saturated rings.